The van der Waals surface area contributed by atoms with E-state index in [4.69, 9.17) is 9.47 Å². The maximum atomic E-state index is 5.99. The number of hydrogen-bond donors (Lipinski definition) is 2. The van der Waals surface area contributed by atoms with Crippen molar-refractivity contribution < 1.29 is 9.47 Å². The van der Waals surface area contributed by atoms with Gasteiger partial charge < -0.3 is 20.1 Å². The fourth-order valence-electron chi connectivity index (χ4n) is 3.36. The van der Waals surface area contributed by atoms with Crippen molar-refractivity contribution in [2.24, 2.45) is 4.99 Å². The lowest BCUT2D eigenvalue weighted by Gasteiger charge is -2.16. The molecule has 0 unspecified atom stereocenters. The van der Waals surface area contributed by atoms with Crippen molar-refractivity contribution in [2.75, 3.05) is 27.4 Å². The van der Waals surface area contributed by atoms with Gasteiger partial charge in [0.15, 0.2) is 5.96 Å². The predicted octanol–water partition coefficient (Wildman–Crippen LogP) is 3.52. The summed E-state index contributed by atoms with van der Waals surface area (Å²) in [7, 11) is 3.48. The molecule has 1 aromatic heterocycles. The molecule has 3 rings (SSSR count). The van der Waals surface area contributed by atoms with Gasteiger partial charge in [0.05, 0.1) is 13.2 Å². The number of aryl methyl sites for hydroxylation is 1. The molecule has 0 atom stereocenters. The summed E-state index contributed by atoms with van der Waals surface area (Å²) in [6.07, 6.45) is 4.63. The third kappa shape index (κ3) is 7.13. The van der Waals surface area contributed by atoms with Crippen LogP contribution in [0, 0.1) is 6.92 Å². The first kappa shape index (κ1) is 23.3. The first-order valence-electron chi connectivity index (χ1n) is 10.9. The summed E-state index contributed by atoms with van der Waals surface area (Å²) in [5.41, 5.74) is 4.70. The summed E-state index contributed by atoms with van der Waals surface area (Å²) in [6.45, 7) is 5.42. The van der Waals surface area contributed by atoms with Crippen LogP contribution in [0.15, 0.2) is 65.9 Å². The Morgan fingerprint density at radius 2 is 1.78 bits per heavy atom. The maximum absolute atomic E-state index is 5.99. The molecule has 0 amide bonds. The lowest BCUT2D eigenvalue weighted by molar-refractivity contribution is 0.171. The summed E-state index contributed by atoms with van der Waals surface area (Å²) in [4.78, 5) is 4.38. The van der Waals surface area contributed by atoms with Gasteiger partial charge in [-0.15, -0.1) is 0 Å². The van der Waals surface area contributed by atoms with Crippen LogP contribution < -0.4 is 15.4 Å². The largest absolute Gasteiger partial charge is 0.493 e. The lowest BCUT2D eigenvalue weighted by Crippen LogP contribution is -2.36. The van der Waals surface area contributed by atoms with E-state index in [9.17, 15) is 0 Å². The minimum Gasteiger partial charge on any atom is -0.493 e. The molecule has 170 valence electrons. The monoisotopic (exact) mass is 435 g/mol. The molecule has 1 heterocycles. The van der Waals surface area contributed by atoms with Crippen LogP contribution in [0.5, 0.6) is 5.75 Å². The van der Waals surface area contributed by atoms with Gasteiger partial charge in [0.25, 0.3) is 0 Å². The number of ether oxygens (including phenoxy) is 2. The van der Waals surface area contributed by atoms with E-state index >= 15 is 0 Å². The van der Waals surface area contributed by atoms with E-state index < -0.39 is 0 Å². The molecule has 0 radical (unpaired) electrons. The first-order chi connectivity index (χ1) is 15.7. The zero-order valence-electron chi connectivity index (χ0n) is 19.2. The van der Waals surface area contributed by atoms with E-state index in [1.807, 2.05) is 16.9 Å². The second kappa shape index (κ2) is 12.5. The molecule has 0 aliphatic rings. The van der Waals surface area contributed by atoms with Crippen LogP contribution in [-0.2, 0) is 24.4 Å². The number of rotatable bonds is 11. The number of hydrogen-bond acceptors (Lipinski definition) is 4. The minimum absolute atomic E-state index is 0.620. The predicted molar refractivity (Wildman–Crippen MR) is 128 cm³/mol. The van der Waals surface area contributed by atoms with Gasteiger partial charge >= 0.3 is 0 Å². The van der Waals surface area contributed by atoms with Gasteiger partial charge in [0, 0.05) is 58.2 Å². The first-order valence-corrected chi connectivity index (χ1v) is 10.9. The SMILES string of the molecule is CN=C(NCc1ccccc1Cn1cccn1)NCc1ccc(C)cc1OCCCOC. The summed E-state index contributed by atoms with van der Waals surface area (Å²) in [5.74, 6) is 1.64. The molecular weight excluding hydrogens is 402 g/mol. The third-order valence-electron chi connectivity index (χ3n) is 5.10. The van der Waals surface area contributed by atoms with Crippen molar-refractivity contribution in [3.05, 3.63) is 83.2 Å². The van der Waals surface area contributed by atoms with E-state index in [-0.39, 0.29) is 0 Å². The molecule has 0 aliphatic heterocycles. The van der Waals surface area contributed by atoms with Crippen molar-refractivity contribution in [3.8, 4) is 5.75 Å². The van der Waals surface area contributed by atoms with Crippen LogP contribution in [0.25, 0.3) is 0 Å². The Kier molecular flexibility index (Phi) is 9.13. The zero-order valence-corrected chi connectivity index (χ0v) is 19.2. The highest BCUT2D eigenvalue weighted by molar-refractivity contribution is 5.79. The average Bonchev–Trinajstić information content (AvgIpc) is 3.32. The molecule has 2 aromatic carbocycles. The van der Waals surface area contributed by atoms with Gasteiger partial charge in [-0.2, -0.15) is 5.10 Å². The molecule has 32 heavy (non-hydrogen) atoms. The second-order valence-electron chi connectivity index (χ2n) is 7.56. The zero-order chi connectivity index (χ0) is 22.6. The van der Waals surface area contributed by atoms with Crippen molar-refractivity contribution in [3.63, 3.8) is 0 Å². The van der Waals surface area contributed by atoms with Crippen LogP contribution in [0.3, 0.4) is 0 Å². The summed E-state index contributed by atoms with van der Waals surface area (Å²) >= 11 is 0. The smallest absolute Gasteiger partial charge is 0.191 e. The number of aromatic nitrogens is 2. The minimum atomic E-state index is 0.620. The molecule has 0 bridgehead atoms. The van der Waals surface area contributed by atoms with Gasteiger partial charge in [-0.3, -0.25) is 9.67 Å². The average molecular weight is 436 g/mol. The van der Waals surface area contributed by atoms with Crippen LogP contribution in [0.1, 0.15) is 28.7 Å². The van der Waals surface area contributed by atoms with Gasteiger partial charge in [0.1, 0.15) is 5.75 Å². The normalized spacial score (nSPS) is 11.4. The van der Waals surface area contributed by atoms with Gasteiger partial charge in [0.2, 0.25) is 0 Å². The molecule has 3 aromatic rings. The molecule has 0 saturated heterocycles. The summed E-state index contributed by atoms with van der Waals surface area (Å²) < 4.78 is 13.0. The Bertz CT molecular complexity index is 986. The van der Waals surface area contributed by atoms with Crippen molar-refractivity contribution in [1.82, 2.24) is 20.4 Å². The van der Waals surface area contributed by atoms with Gasteiger partial charge in [-0.1, -0.05) is 36.4 Å². The van der Waals surface area contributed by atoms with Crippen molar-refractivity contribution in [2.45, 2.75) is 33.0 Å². The molecule has 7 nitrogen and oxygen atoms in total. The molecule has 0 aliphatic carbocycles. The number of guanidine groups is 1. The number of benzene rings is 2. The van der Waals surface area contributed by atoms with Crippen LogP contribution in [0.2, 0.25) is 0 Å². The fourth-order valence-corrected chi connectivity index (χ4v) is 3.36. The molecular formula is C25H33N5O2. The van der Waals surface area contributed by atoms with E-state index in [2.05, 4.69) is 70.1 Å². The molecule has 0 fully saturated rings. The van der Waals surface area contributed by atoms with Crippen LogP contribution in [-0.4, -0.2) is 43.1 Å². The van der Waals surface area contributed by atoms with Gasteiger partial charge in [-0.25, -0.2) is 0 Å². The van der Waals surface area contributed by atoms with Gasteiger partial charge in [-0.05, 0) is 35.7 Å². The quantitative estimate of drug-likeness (QED) is 0.274. The maximum Gasteiger partial charge on any atom is 0.191 e. The fraction of sp³-hybridized carbons (Fsp3) is 0.360. The number of nitrogens with one attached hydrogen (secondary N) is 2. The Labute approximate surface area is 190 Å². The number of nitrogens with zero attached hydrogens (tertiary/aromatic N) is 3. The number of aliphatic imine (C=N–C) groups is 1. The molecule has 7 heteroatoms. The van der Waals surface area contributed by atoms with E-state index in [0.29, 0.717) is 26.3 Å². The standard InChI is InChI=1S/C25H33N5O2/c1-20-10-11-22(24(16-20)32-15-7-14-31-3)18-28-25(26-2)27-17-21-8-4-5-9-23(21)19-30-13-6-12-29-30/h4-6,8-13,16H,7,14-15,17-19H2,1-3H3,(H2,26,27,28). The highest BCUT2D eigenvalue weighted by Gasteiger charge is 2.08. The van der Waals surface area contributed by atoms with Crippen molar-refractivity contribution in [1.29, 1.82) is 0 Å². The topological polar surface area (TPSA) is 72.7 Å². The lowest BCUT2D eigenvalue weighted by atomic mass is 10.1. The Balaban J connectivity index is 1.57. The Morgan fingerprint density at radius 1 is 1.00 bits per heavy atom. The Hall–Kier alpha value is -3.32. The second-order valence-corrected chi connectivity index (χ2v) is 7.56. The molecule has 0 saturated carbocycles. The summed E-state index contributed by atoms with van der Waals surface area (Å²) in [5, 5.41) is 11.1. The summed E-state index contributed by atoms with van der Waals surface area (Å²) in [6, 6.07) is 16.6. The van der Waals surface area contributed by atoms with Crippen molar-refractivity contribution >= 4 is 5.96 Å². The molecule has 0 spiro atoms. The number of methoxy groups -OCH3 is 1. The highest BCUT2D eigenvalue weighted by Crippen LogP contribution is 2.20. The van der Waals surface area contributed by atoms with E-state index in [1.54, 1.807) is 20.4 Å². The van der Waals surface area contributed by atoms with E-state index in [0.717, 1.165) is 30.2 Å². The van der Waals surface area contributed by atoms with Crippen LogP contribution in [0.4, 0.5) is 0 Å². The molecule has 2 N–H and O–H groups in total. The third-order valence-corrected chi connectivity index (χ3v) is 5.10. The van der Waals surface area contributed by atoms with E-state index in [1.165, 1.54) is 16.7 Å². The Morgan fingerprint density at radius 3 is 2.50 bits per heavy atom. The highest BCUT2D eigenvalue weighted by atomic mass is 16.5. The van der Waals surface area contributed by atoms with Crippen LogP contribution >= 0.6 is 0 Å².